The van der Waals surface area contributed by atoms with Crippen LogP contribution in [0.3, 0.4) is 0 Å². The number of nitrogens with zero attached hydrogens (tertiary/aromatic N) is 2. The van der Waals surface area contributed by atoms with Crippen molar-refractivity contribution in [2.75, 3.05) is 24.5 Å². The van der Waals surface area contributed by atoms with Gasteiger partial charge in [0.2, 0.25) is 9.04 Å². The first-order valence-corrected chi connectivity index (χ1v) is 13.4. The molecule has 1 aliphatic rings. The van der Waals surface area contributed by atoms with E-state index in [0.717, 1.165) is 5.56 Å². The van der Waals surface area contributed by atoms with Gasteiger partial charge in [0.15, 0.2) is 5.82 Å². The molecule has 1 amide bonds. The molecule has 2 aromatic rings. The Labute approximate surface area is 199 Å². The lowest BCUT2D eigenvalue weighted by atomic mass is 9.98. The molecule has 0 aromatic heterocycles. The number of anilines is 1. The third kappa shape index (κ3) is 6.36. The molecule has 1 saturated heterocycles. The van der Waals surface area contributed by atoms with Gasteiger partial charge in [-0.2, -0.15) is 0 Å². The van der Waals surface area contributed by atoms with Gasteiger partial charge in [0.05, 0.1) is 17.8 Å². The monoisotopic (exact) mass is 471 g/mol. The zero-order valence-electron chi connectivity index (χ0n) is 20.7. The van der Waals surface area contributed by atoms with Crippen LogP contribution in [0.25, 0.3) is 0 Å². The second kappa shape index (κ2) is 10.3. The number of hydrogen-bond donors (Lipinski definition) is 0. The first-order chi connectivity index (χ1) is 15.5. The predicted molar refractivity (Wildman–Crippen MR) is 132 cm³/mol. The van der Waals surface area contributed by atoms with E-state index in [-0.39, 0.29) is 30.2 Å². The zero-order valence-corrected chi connectivity index (χ0v) is 21.7. The minimum atomic E-state index is -1.05. The first kappa shape index (κ1) is 25.2. The van der Waals surface area contributed by atoms with Crippen LogP contribution in [-0.2, 0) is 22.4 Å². The Bertz CT molecular complexity index is 946. The number of hydrogen-bond acceptors (Lipinski definition) is 4. The van der Waals surface area contributed by atoms with Crippen LogP contribution in [0, 0.1) is 5.82 Å². The van der Waals surface area contributed by atoms with Crippen LogP contribution in [0.1, 0.15) is 45.7 Å². The summed E-state index contributed by atoms with van der Waals surface area (Å²) in [5.74, 6) is -0.239. The highest BCUT2D eigenvalue weighted by Crippen LogP contribution is 2.31. The largest absolute Gasteiger partial charge is 0.445 e. The lowest BCUT2D eigenvalue weighted by Gasteiger charge is -2.47. The van der Waals surface area contributed by atoms with E-state index < -0.39 is 14.6 Å². The number of amides is 1. The van der Waals surface area contributed by atoms with Crippen LogP contribution in [0.5, 0.6) is 0 Å². The minimum Gasteiger partial charge on any atom is -0.445 e. The van der Waals surface area contributed by atoms with Crippen LogP contribution in [0.15, 0.2) is 48.5 Å². The molecule has 1 fully saturated rings. The molecular formula is C26H36FN2O3Si. The van der Waals surface area contributed by atoms with E-state index in [1.54, 1.807) is 17.0 Å². The molecule has 0 saturated carbocycles. The summed E-state index contributed by atoms with van der Waals surface area (Å²) in [6.07, 6.45) is -0.342. The molecule has 0 unspecified atom stereocenters. The molecular weight excluding hydrogens is 435 g/mol. The number of carbonyl (C=O) groups excluding carboxylic acids is 1. The molecule has 33 heavy (non-hydrogen) atoms. The van der Waals surface area contributed by atoms with Crippen LogP contribution in [0.4, 0.5) is 14.9 Å². The number of halogens is 1. The average Bonchev–Trinajstić information content (AvgIpc) is 2.76. The van der Waals surface area contributed by atoms with Crippen molar-refractivity contribution >= 4 is 20.8 Å². The van der Waals surface area contributed by atoms with Crippen molar-refractivity contribution < 1.29 is 18.3 Å². The molecule has 2 aromatic carbocycles. The third-order valence-electron chi connectivity index (χ3n) is 6.23. The molecule has 5 nitrogen and oxygen atoms in total. The molecule has 0 atom stereocenters. The fourth-order valence-electron chi connectivity index (χ4n) is 3.82. The minimum absolute atomic E-state index is 0.0915. The predicted octanol–water partition coefficient (Wildman–Crippen LogP) is 6.00. The standard InChI is InChI=1S/C26H36FN2O3Si/c1-25(2,3)33(6)32-18-21-13-10-14-22(23(21)27)28-15-16-29(26(4,5)19-28)24(30)31-17-20-11-8-7-9-12-20/h7-14H,15-19H2,1-6H3. The summed E-state index contributed by atoms with van der Waals surface area (Å²) in [7, 11) is -1.05. The van der Waals surface area contributed by atoms with Crippen molar-refractivity contribution in [1.82, 2.24) is 4.90 Å². The van der Waals surface area contributed by atoms with E-state index >= 15 is 4.39 Å². The Morgan fingerprint density at radius 3 is 2.39 bits per heavy atom. The number of carbonyl (C=O) groups is 1. The Hall–Kier alpha value is -2.38. The van der Waals surface area contributed by atoms with Crippen LogP contribution in [0.2, 0.25) is 11.6 Å². The van der Waals surface area contributed by atoms with E-state index in [2.05, 4.69) is 27.3 Å². The fourth-order valence-corrected chi connectivity index (χ4v) is 4.63. The number of piperazine rings is 1. The number of ether oxygens (including phenoxy) is 1. The van der Waals surface area contributed by atoms with Crippen LogP contribution >= 0.6 is 0 Å². The summed E-state index contributed by atoms with van der Waals surface area (Å²) in [5, 5.41) is 0.0915. The van der Waals surface area contributed by atoms with Crippen molar-refractivity contribution in [3.05, 3.63) is 65.5 Å². The highest BCUT2D eigenvalue weighted by Gasteiger charge is 2.38. The van der Waals surface area contributed by atoms with E-state index in [4.69, 9.17) is 9.16 Å². The smallest absolute Gasteiger partial charge is 0.410 e. The summed E-state index contributed by atoms with van der Waals surface area (Å²) >= 11 is 0. The maximum Gasteiger partial charge on any atom is 0.410 e. The van der Waals surface area contributed by atoms with Gasteiger partial charge < -0.3 is 14.1 Å². The van der Waals surface area contributed by atoms with E-state index in [0.29, 0.717) is 30.9 Å². The summed E-state index contributed by atoms with van der Waals surface area (Å²) in [5.41, 5.74) is 1.58. The molecule has 0 N–H and O–H groups in total. The number of benzene rings is 2. The van der Waals surface area contributed by atoms with Crippen molar-refractivity contribution in [2.24, 2.45) is 0 Å². The van der Waals surface area contributed by atoms with Gasteiger partial charge in [-0.3, -0.25) is 4.90 Å². The fraction of sp³-hybridized carbons (Fsp3) is 0.500. The summed E-state index contributed by atoms with van der Waals surface area (Å²) in [6, 6.07) is 15.1. The quantitative estimate of drug-likeness (QED) is 0.485. The van der Waals surface area contributed by atoms with Crippen molar-refractivity contribution in [1.29, 1.82) is 0 Å². The van der Waals surface area contributed by atoms with Gasteiger partial charge in [0, 0.05) is 25.2 Å². The number of rotatable bonds is 6. The molecule has 3 rings (SSSR count). The second-order valence-electron chi connectivity index (χ2n) is 10.3. The summed E-state index contributed by atoms with van der Waals surface area (Å²) in [4.78, 5) is 16.5. The SMILES string of the molecule is C[Si](OCc1cccc(N2CCN(C(=O)OCc3ccccc3)C(C)(C)C2)c1F)C(C)(C)C. The average molecular weight is 472 g/mol. The lowest BCUT2D eigenvalue weighted by Crippen LogP contribution is -2.61. The normalized spacial score (nSPS) is 16.2. The molecule has 7 heteroatoms. The van der Waals surface area contributed by atoms with Crippen LogP contribution < -0.4 is 4.90 Å². The van der Waals surface area contributed by atoms with Gasteiger partial charge in [-0.1, -0.05) is 63.2 Å². The van der Waals surface area contributed by atoms with Crippen LogP contribution in [-0.4, -0.2) is 45.2 Å². The Kier molecular flexibility index (Phi) is 7.85. The molecule has 0 bridgehead atoms. The van der Waals surface area contributed by atoms with E-state index in [1.165, 1.54) is 0 Å². The molecule has 1 aliphatic heterocycles. The van der Waals surface area contributed by atoms with Crippen molar-refractivity contribution in [2.45, 2.75) is 65.0 Å². The maximum atomic E-state index is 15.4. The lowest BCUT2D eigenvalue weighted by molar-refractivity contribution is 0.0514. The molecule has 0 aliphatic carbocycles. The molecule has 1 heterocycles. The topological polar surface area (TPSA) is 42.0 Å². The Balaban J connectivity index is 1.65. The van der Waals surface area contributed by atoms with Gasteiger partial charge in [-0.05, 0) is 37.1 Å². The van der Waals surface area contributed by atoms with Gasteiger partial charge in [-0.15, -0.1) is 0 Å². The molecule has 1 radical (unpaired) electrons. The maximum absolute atomic E-state index is 15.4. The highest BCUT2D eigenvalue weighted by atomic mass is 28.3. The Morgan fingerprint density at radius 1 is 1.06 bits per heavy atom. The Morgan fingerprint density at radius 2 is 1.76 bits per heavy atom. The summed E-state index contributed by atoms with van der Waals surface area (Å²) in [6.45, 7) is 14.6. The summed E-state index contributed by atoms with van der Waals surface area (Å²) < 4.78 is 27.0. The molecule has 0 spiro atoms. The van der Waals surface area contributed by atoms with E-state index in [9.17, 15) is 4.79 Å². The zero-order chi connectivity index (χ0) is 24.2. The highest BCUT2D eigenvalue weighted by molar-refractivity contribution is 6.53. The van der Waals surface area contributed by atoms with Crippen molar-refractivity contribution in [3.8, 4) is 0 Å². The third-order valence-corrected chi connectivity index (χ3v) is 8.92. The molecule has 179 valence electrons. The van der Waals surface area contributed by atoms with E-state index in [1.807, 2.05) is 55.1 Å². The van der Waals surface area contributed by atoms with Gasteiger partial charge in [0.1, 0.15) is 6.61 Å². The van der Waals surface area contributed by atoms with Gasteiger partial charge in [0.25, 0.3) is 0 Å². The van der Waals surface area contributed by atoms with Gasteiger partial charge >= 0.3 is 6.09 Å². The first-order valence-electron chi connectivity index (χ1n) is 11.5. The van der Waals surface area contributed by atoms with Gasteiger partial charge in [-0.25, -0.2) is 9.18 Å². The second-order valence-corrected chi connectivity index (χ2v) is 13.2. The van der Waals surface area contributed by atoms with Crippen molar-refractivity contribution in [3.63, 3.8) is 0 Å².